The minimum absolute atomic E-state index is 0.560. The number of nitrogen functional groups attached to an aromatic ring is 1. The maximum atomic E-state index is 6.24. The van der Waals surface area contributed by atoms with E-state index in [-0.39, 0.29) is 0 Å². The summed E-state index contributed by atoms with van der Waals surface area (Å²) in [4.78, 5) is 2.39. The van der Waals surface area contributed by atoms with E-state index >= 15 is 0 Å². The Morgan fingerprint density at radius 3 is 2.75 bits per heavy atom. The van der Waals surface area contributed by atoms with Gasteiger partial charge in [-0.3, -0.25) is 0 Å². The Hall–Kier alpha value is -0.890. The molecule has 1 aromatic rings. The van der Waals surface area contributed by atoms with Crippen LogP contribution in [-0.2, 0) is 0 Å². The van der Waals surface area contributed by atoms with Gasteiger partial charge in [0.25, 0.3) is 0 Å². The highest BCUT2D eigenvalue weighted by atomic mass is 35.5. The van der Waals surface area contributed by atoms with Crippen molar-refractivity contribution in [3.63, 3.8) is 0 Å². The van der Waals surface area contributed by atoms with Crippen LogP contribution in [0.25, 0.3) is 0 Å². The summed E-state index contributed by atoms with van der Waals surface area (Å²) >= 11 is 6.24. The van der Waals surface area contributed by atoms with E-state index in [1.165, 1.54) is 12.8 Å². The van der Waals surface area contributed by atoms with Crippen molar-refractivity contribution in [3.8, 4) is 0 Å². The molecule has 2 atom stereocenters. The molecule has 0 spiro atoms. The molecule has 1 heterocycles. The predicted molar refractivity (Wildman–Crippen MR) is 71.1 cm³/mol. The van der Waals surface area contributed by atoms with E-state index in [9.17, 15) is 0 Å². The molecule has 0 amide bonds. The molecular weight excluding hydrogens is 220 g/mol. The molecule has 0 aromatic heterocycles. The van der Waals surface area contributed by atoms with Crippen molar-refractivity contribution in [1.29, 1.82) is 0 Å². The Bertz CT molecular complexity index is 378. The standard InChI is InChI=1S/C13H19ClN2/c1-9-5-6-16(10(2)7-9)13-4-3-11(15)8-12(13)14/h3-4,8-10H,5-7,15H2,1-2H3. The third-order valence-electron chi connectivity index (χ3n) is 3.42. The van der Waals surface area contributed by atoms with Gasteiger partial charge in [0, 0.05) is 18.3 Å². The van der Waals surface area contributed by atoms with Crippen LogP contribution in [0.15, 0.2) is 18.2 Å². The highest BCUT2D eigenvalue weighted by Crippen LogP contribution is 2.33. The summed E-state index contributed by atoms with van der Waals surface area (Å²) in [6.07, 6.45) is 2.48. The first kappa shape index (κ1) is 11.6. The monoisotopic (exact) mass is 238 g/mol. The van der Waals surface area contributed by atoms with E-state index in [0.717, 1.165) is 28.9 Å². The molecule has 88 valence electrons. The van der Waals surface area contributed by atoms with Crippen molar-refractivity contribution in [1.82, 2.24) is 0 Å². The topological polar surface area (TPSA) is 29.3 Å². The quantitative estimate of drug-likeness (QED) is 0.759. The van der Waals surface area contributed by atoms with Gasteiger partial charge in [-0.15, -0.1) is 0 Å². The SMILES string of the molecule is CC1CCN(c2ccc(N)cc2Cl)C(C)C1. The number of hydrogen-bond acceptors (Lipinski definition) is 2. The van der Waals surface area contributed by atoms with Gasteiger partial charge in [0.1, 0.15) is 0 Å². The summed E-state index contributed by atoms with van der Waals surface area (Å²) in [6.45, 7) is 5.67. The van der Waals surface area contributed by atoms with Crippen molar-refractivity contribution in [3.05, 3.63) is 23.2 Å². The Labute approximate surface area is 102 Å². The largest absolute Gasteiger partial charge is 0.399 e. The molecule has 1 fully saturated rings. The number of nitrogens with two attached hydrogens (primary N) is 1. The van der Waals surface area contributed by atoms with Crippen LogP contribution >= 0.6 is 11.6 Å². The second kappa shape index (κ2) is 4.54. The molecule has 0 saturated carbocycles. The van der Waals surface area contributed by atoms with Gasteiger partial charge in [-0.2, -0.15) is 0 Å². The number of rotatable bonds is 1. The summed E-state index contributed by atoms with van der Waals surface area (Å²) in [7, 11) is 0. The number of hydrogen-bond donors (Lipinski definition) is 1. The first-order valence-corrected chi connectivity index (χ1v) is 6.27. The number of halogens is 1. The van der Waals surface area contributed by atoms with E-state index in [1.807, 2.05) is 18.2 Å². The van der Waals surface area contributed by atoms with Crippen LogP contribution in [0.1, 0.15) is 26.7 Å². The fraction of sp³-hybridized carbons (Fsp3) is 0.538. The van der Waals surface area contributed by atoms with Crippen LogP contribution in [-0.4, -0.2) is 12.6 Å². The van der Waals surface area contributed by atoms with Gasteiger partial charge in [-0.05, 0) is 43.9 Å². The van der Waals surface area contributed by atoms with Gasteiger partial charge < -0.3 is 10.6 Å². The van der Waals surface area contributed by atoms with E-state index in [0.29, 0.717) is 6.04 Å². The summed E-state index contributed by atoms with van der Waals surface area (Å²) in [5, 5.41) is 0.765. The first-order valence-electron chi connectivity index (χ1n) is 5.89. The molecule has 3 heteroatoms. The van der Waals surface area contributed by atoms with E-state index in [4.69, 9.17) is 17.3 Å². The smallest absolute Gasteiger partial charge is 0.0660 e. The molecule has 2 rings (SSSR count). The van der Waals surface area contributed by atoms with Crippen molar-refractivity contribution < 1.29 is 0 Å². The lowest BCUT2D eigenvalue weighted by molar-refractivity contribution is 0.378. The molecule has 1 aliphatic rings. The van der Waals surface area contributed by atoms with Gasteiger partial charge in [0.05, 0.1) is 10.7 Å². The maximum Gasteiger partial charge on any atom is 0.0660 e. The zero-order valence-electron chi connectivity index (χ0n) is 9.91. The molecule has 2 N–H and O–H groups in total. The predicted octanol–water partition coefficient (Wildman–Crippen LogP) is 3.55. The molecule has 2 nitrogen and oxygen atoms in total. The number of piperidine rings is 1. The normalized spacial score (nSPS) is 25.8. The molecule has 16 heavy (non-hydrogen) atoms. The lowest BCUT2D eigenvalue weighted by atomic mass is 9.93. The zero-order chi connectivity index (χ0) is 11.7. The molecule has 1 saturated heterocycles. The van der Waals surface area contributed by atoms with Crippen LogP contribution in [0.3, 0.4) is 0 Å². The molecule has 1 aromatic carbocycles. The van der Waals surface area contributed by atoms with Crippen LogP contribution in [0, 0.1) is 5.92 Å². The third-order valence-corrected chi connectivity index (χ3v) is 3.72. The van der Waals surface area contributed by atoms with Crippen LogP contribution < -0.4 is 10.6 Å². The Morgan fingerprint density at radius 2 is 2.12 bits per heavy atom. The molecular formula is C13H19ClN2. The molecule has 0 radical (unpaired) electrons. The lowest BCUT2D eigenvalue weighted by Gasteiger charge is -2.38. The van der Waals surface area contributed by atoms with E-state index in [2.05, 4.69) is 18.7 Å². The van der Waals surface area contributed by atoms with Crippen LogP contribution in [0.2, 0.25) is 5.02 Å². The van der Waals surface area contributed by atoms with Gasteiger partial charge >= 0.3 is 0 Å². The van der Waals surface area contributed by atoms with Gasteiger partial charge in [0.2, 0.25) is 0 Å². The molecule has 2 unspecified atom stereocenters. The Morgan fingerprint density at radius 1 is 1.38 bits per heavy atom. The highest BCUT2D eigenvalue weighted by molar-refractivity contribution is 6.33. The number of benzene rings is 1. The van der Waals surface area contributed by atoms with Crippen molar-refractivity contribution in [2.45, 2.75) is 32.7 Å². The molecule has 1 aliphatic heterocycles. The average Bonchev–Trinajstić information content (AvgIpc) is 2.19. The molecule has 0 bridgehead atoms. The van der Waals surface area contributed by atoms with Crippen molar-refractivity contribution in [2.24, 2.45) is 5.92 Å². The average molecular weight is 239 g/mol. The fourth-order valence-corrected chi connectivity index (χ4v) is 2.82. The minimum Gasteiger partial charge on any atom is -0.399 e. The second-order valence-corrected chi connectivity index (χ2v) is 5.29. The van der Waals surface area contributed by atoms with Crippen LogP contribution in [0.5, 0.6) is 0 Å². The van der Waals surface area contributed by atoms with Crippen molar-refractivity contribution >= 4 is 23.0 Å². The first-order chi connectivity index (χ1) is 7.58. The summed E-state index contributed by atoms with van der Waals surface area (Å²) in [5.41, 5.74) is 7.56. The van der Waals surface area contributed by atoms with Crippen LogP contribution in [0.4, 0.5) is 11.4 Å². The van der Waals surface area contributed by atoms with Crippen molar-refractivity contribution in [2.75, 3.05) is 17.2 Å². The maximum absolute atomic E-state index is 6.24. The van der Waals surface area contributed by atoms with E-state index in [1.54, 1.807) is 0 Å². The Kier molecular flexibility index (Phi) is 3.29. The van der Waals surface area contributed by atoms with Gasteiger partial charge in [-0.25, -0.2) is 0 Å². The number of nitrogens with zero attached hydrogens (tertiary/aromatic N) is 1. The van der Waals surface area contributed by atoms with Gasteiger partial charge in [-0.1, -0.05) is 18.5 Å². The summed E-state index contributed by atoms with van der Waals surface area (Å²) in [6, 6.07) is 6.35. The number of anilines is 2. The minimum atomic E-state index is 0.560. The molecule has 0 aliphatic carbocycles. The highest BCUT2D eigenvalue weighted by Gasteiger charge is 2.24. The lowest BCUT2D eigenvalue weighted by Crippen LogP contribution is -2.40. The summed E-state index contributed by atoms with van der Waals surface area (Å²) < 4.78 is 0. The van der Waals surface area contributed by atoms with Gasteiger partial charge in [0.15, 0.2) is 0 Å². The fourth-order valence-electron chi connectivity index (χ4n) is 2.52. The Balaban J connectivity index is 2.23. The van der Waals surface area contributed by atoms with E-state index < -0.39 is 0 Å². The summed E-state index contributed by atoms with van der Waals surface area (Å²) in [5.74, 6) is 0.818. The zero-order valence-corrected chi connectivity index (χ0v) is 10.7. The second-order valence-electron chi connectivity index (χ2n) is 4.88. The third kappa shape index (κ3) is 2.27.